The summed E-state index contributed by atoms with van der Waals surface area (Å²) in [6.45, 7) is 0.164. The zero-order valence-corrected chi connectivity index (χ0v) is 13.5. The molecule has 0 aliphatic carbocycles. The van der Waals surface area contributed by atoms with Crippen LogP contribution in [0.1, 0.15) is 11.4 Å². The van der Waals surface area contributed by atoms with Gasteiger partial charge < -0.3 is 14.8 Å². The molecule has 3 aromatic rings. The van der Waals surface area contributed by atoms with E-state index in [1.165, 1.54) is 4.90 Å². The van der Waals surface area contributed by atoms with Gasteiger partial charge >= 0.3 is 12.1 Å². The van der Waals surface area contributed by atoms with Gasteiger partial charge in [0.2, 0.25) is 0 Å². The van der Waals surface area contributed by atoms with E-state index in [4.69, 9.17) is 9.84 Å². The average Bonchev–Trinajstić information content (AvgIpc) is 3.00. The first-order chi connectivity index (χ1) is 12.0. The molecule has 2 N–H and O–H groups in total. The molecule has 0 spiro atoms. The van der Waals surface area contributed by atoms with E-state index >= 15 is 0 Å². The number of carbonyl (C=O) groups is 2. The molecule has 3 rings (SSSR count). The molecule has 0 aliphatic heterocycles. The van der Waals surface area contributed by atoms with Crippen molar-refractivity contribution in [1.29, 1.82) is 0 Å². The second-order valence-corrected chi connectivity index (χ2v) is 5.39. The van der Waals surface area contributed by atoms with Crippen molar-refractivity contribution in [2.24, 2.45) is 0 Å². The Hall–Kier alpha value is -3.42. The highest BCUT2D eigenvalue weighted by Gasteiger charge is 2.16. The lowest BCUT2D eigenvalue weighted by Gasteiger charge is -2.15. The van der Waals surface area contributed by atoms with Gasteiger partial charge in [-0.05, 0) is 17.7 Å². The Labute approximate surface area is 143 Å². The number of amides is 1. The van der Waals surface area contributed by atoms with Crippen molar-refractivity contribution in [3.8, 4) is 0 Å². The first-order valence-electron chi connectivity index (χ1n) is 7.55. The highest BCUT2D eigenvalue weighted by molar-refractivity contribution is 5.87. The van der Waals surface area contributed by atoms with E-state index in [1.54, 1.807) is 19.2 Å². The van der Waals surface area contributed by atoms with Gasteiger partial charge in [0.25, 0.3) is 0 Å². The minimum atomic E-state index is -0.985. The molecule has 25 heavy (non-hydrogen) atoms. The molecule has 0 bridgehead atoms. The fraction of sp³-hybridized carbons (Fsp3) is 0.176. The number of carbonyl (C=O) groups excluding carboxylic acids is 1. The molecule has 2 heterocycles. The Kier molecular flexibility index (Phi) is 4.60. The third kappa shape index (κ3) is 3.92. The molecule has 0 saturated heterocycles. The topological polar surface area (TPSA) is 108 Å². The fourth-order valence-corrected chi connectivity index (χ4v) is 2.26. The van der Waals surface area contributed by atoms with E-state index < -0.39 is 12.1 Å². The third-order valence-corrected chi connectivity index (χ3v) is 3.52. The molecule has 0 saturated carbocycles. The van der Waals surface area contributed by atoms with Crippen LogP contribution in [-0.2, 0) is 22.6 Å². The van der Waals surface area contributed by atoms with Gasteiger partial charge in [-0.15, -0.1) is 0 Å². The highest BCUT2D eigenvalue weighted by atomic mass is 16.6. The Morgan fingerprint density at radius 3 is 2.64 bits per heavy atom. The number of ether oxygens (including phenoxy) is 1. The number of rotatable bonds is 5. The quantitative estimate of drug-likeness (QED) is 0.738. The molecule has 0 unspecified atom stereocenters. The SMILES string of the molecule is CN(C(=O)OCc1ccccc1)c1ccc2[nH]c(CC(=O)O)nc2n1. The van der Waals surface area contributed by atoms with Gasteiger partial charge in [-0.25, -0.2) is 14.8 Å². The monoisotopic (exact) mass is 340 g/mol. The molecule has 128 valence electrons. The number of H-pyrrole nitrogens is 1. The fourth-order valence-electron chi connectivity index (χ4n) is 2.26. The molecule has 8 heteroatoms. The smallest absolute Gasteiger partial charge is 0.415 e. The van der Waals surface area contributed by atoms with Gasteiger partial charge in [-0.3, -0.25) is 9.69 Å². The maximum Gasteiger partial charge on any atom is 0.415 e. The van der Waals surface area contributed by atoms with Crippen LogP contribution < -0.4 is 4.90 Å². The molecule has 0 atom stereocenters. The lowest BCUT2D eigenvalue weighted by molar-refractivity contribution is -0.136. The summed E-state index contributed by atoms with van der Waals surface area (Å²) < 4.78 is 5.26. The van der Waals surface area contributed by atoms with E-state index in [-0.39, 0.29) is 13.0 Å². The molecular formula is C17H16N4O4. The van der Waals surface area contributed by atoms with E-state index in [1.807, 2.05) is 30.3 Å². The predicted molar refractivity (Wildman–Crippen MR) is 90.3 cm³/mol. The van der Waals surface area contributed by atoms with Crippen molar-refractivity contribution in [2.75, 3.05) is 11.9 Å². The maximum absolute atomic E-state index is 12.2. The number of aliphatic carboxylic acids is 1. The first-order valence-corrected chi connectivity index (χ1v) is 7.55. The van der Waals surface area contributed by atoms with Crippen molar-refractivity contribution < 1.29 is 19.4 Å². The van der Waals surface area contributed by atoms with Gasteiger partial charge in [0.15, 0.2) is 5.65 Å². The largest absolute Gasteiger partial charge is 0.481 e. The summed E-state index contributed by atoms with van der Waals surface area (Å²) in [6, 6.07) is 12.7. The van der Waals surface area contributed by atoms with Crippen molar-refractivity contribution >= 4 is 29.0 Å². The zero-order valence-electron chi connectivity index (χ0n) is 13.5. The summed E-state index contributed by atoms with van der Waals surface area (Å²) in [6.07, 6.45) is -0.766. The number of aromatic amines is 1. The van der Waals surface area contributed by atoms with E-state index in [2.05, 4.69) is 15.0 Å². The molecule has 8 nitrogen and oxygen atoms in total. The van der Waals surface area contributed by atoms with Gasteiger partial charge in [0, 0.05) is 7.05 Å². The Morgan fingerprint density at radius 1 is 1.16 bits per heavy atom. The standard InChI is InChI=1S/C17H16N4O4/c1-21(17(24)25-10-11-5-3-2-4-6-11)14-8-7-12-16(20-14)19-13(18-12)9-15(22)23/h2-8H,9-10H2,1H3,(H,22,23)(H,18,19,20). The number of hydrogen-bond donors (Lipinski definition) is 2. The number of carboxylic acids is 1. The minimum Gasteiger partial charge on any atom is -0.481 e. The molecule has 1 aromatic carbocycles. The highest BCUT2D eigenvalue weighted by Crippen LogP contribution is 2.17. The van der Waals surface area contributed by atoms with Crippen LogP contribution in [0.3, 0.4) is 0 Å². The second kappa shape index (κ2) is 7.00. The number of imidazole rings is 1. The zero-order chi connectivity index (χ0) is 17.8. The van der Waals surface area contributed by atoms with Crippen LogP contribution >= 0.6 is 0 Å². The minimum absolute atomic E-state index is 0.164. The van der Waals surface area contributed by atoms with E-state index in [0.717, 1.165) is 5.56 Å². The second-order valence-electron chi connectivity index (χ2n) is 5.39. The van der Waals surface area contributed by atoms with Crippen LogP contribution in [0, 0.1) is 0 Å². The summed E-state index contributed by atoms with van der Waals surface area (Å²) >= 11 is 0. The summed E-state index contributed by atoms with van der Waals surface area (Å²) in [5, 5.41) is 8.81. The average molecular weight is 340 g/mol. The van der Waals surface area contributed by atoms with E-state index in [0.29, 0.717) is 22.8 Å². The van der Waals surface area contributed by atoms with Crippen LogP contribution in [0.15, 0.2) is 42.5 Å². The molecule has 1 amide bonds. The lowest BCUT2D eigenvalue weighted by Crippen LogP contribution is -2.27. The lowest BCUT2D eigenvalue weighted by atomic mass is 10.2. The third-order valence-electron chi connectivity index (χ3n) is 3.52. The van der Waals surface area contributed by atoms with Crippen LogP contribution in [0.2, 0.25) is 0 Å². The summed E-state index contributed by atoms with van der Waals surface area (Å²) in [5.41, 5.74) is 1.83. The van der Waals surface area contributed by atoms with Crippen molar-refractivity contribution in [1.82, 2.24) is 15.0 Å². The number of benzene rings is 1. The van der Waals surface area contributed by atoms with Crippen LogP contribution in [0.5, 0.6) is 0 Å². The maximum atomic E-state index is 12.2. The number of fused-ring (bicyclic) bond motifs is 1. The Balaban J connectivity index is 1.71. The van der Waals surface area contributed by atoms with Crippen LogP contribution in [0.25, 0.3) is 11.2 Å². The van der Waals surface area contributed by atoms with Gasteiger partial charge in [0.1, 0.15) is 24.7 Å². The number of carboxylic acid groups (broad SMARTS) is 1. The number of hydrogen-bond acceptors (Lipinski definition) is 5. The molecule has 2 aromatic heterocycles. The van der Waals surface area contributed by atoms with Gasteiger partial charge in [-0.1, -0.05) is 30.3 Å². The number of nitrogens with one attached hydrogen (secondary N) is 1. The van der Waals surface area contributed by atoms with Crippen molar-refractivity contribution in [3.63, 3.8) is 0 Å². The molecule has 0 aliphatic rings. The Bertz CT molecular complexity index is 907. The molecular weight excluding hydrogens is 324 g/mol. The van der Waals surface area contributed by atoms with Crippen LogP contribution in [-0.4, -0.2) is 39.2 Å². The number of anilines is 1. The normalized spacial score (nSPS) is 10.6. The van der Waals surface area contributed by atoms with Gasteiger partial charge in [0.05, 0.1) is 5.52 Å². The number of aromatic nitrogens is 3. The summed E-state index contributed by atoms with van der Waals surface area (Å²) in [5.74, 6) is -0.318. The van der Waals surface area contributed by atoms with Gasteiger partial charge in [-0.2, -0.15) is 0 Å². The predicted octanol–water partition coefficient (Wildman–Crippen LogP) is 2.36. The number of pyridine rings is 1. The Morgan fingerprint density at radius 2 is 1.92 bits per heavy atom. The van der Waals surface area contributed by atoms with Crippen molar-refractivity contribution in [3.05, 3.63) is 53.9 Å². The summed E-state index contributed by atoms with van der Waals surface area (Å²) in [4.78, 5) is 35.5. The van der Waals surface area contributed by atoms with Crippen molar-refractivity contribution in [2.45, 2.75) is 13.0 Å². The molecule has 0 fully saturated rings. The van der Waals surface area contributed by atoms with Crippen LogP contribution in [0.4, 0.5) is 10.6 Å². The number of nitrogens with zero attached hydrogens (tertiary/aromatic N) is 3. The molecule has 0 radical (unpaired) electrons. The van der Waals surface area contributed by atoms with E-state index in [9.17, 15) is 9.59 Å². The first kappa shape index (κ1) is 16.4. The summed E-state index contributed by atoms with van der Waals surface area (Å²) in [7, 11) is 1.55.